The van der Waals surface area contributed by atoms with Crippen molar-refractivity contribution in [2.24, 2.45) is 0 Å². The molecule has 2 aromatic heterocycles. The number of likely N-dealkylation sites (N-methyl/N-ethyl adjacent to an activating group) is 1. The Bertz CT molecular complexity index is 1420. The summed E-state index contributed by atoms with van der Waals surface area (Å²) >= 11 is 0. The summed E-state index contributed by atoms with van der Waals surface area (Å²) in [5.41, 5.74) is 2.07. The van der Waals surface area contributed by atoms with Gasteiger partial charge in [-0.2, -0.15) is 0 Å². The number of nitrogens with one attached hydrogen (secondary N) is 1. The zero-order chi connectivity index (χ0) is 21.7. The maximum absolute atomic E-state index is 14.0. The minimum atomic E-state index is -1.11. The second kappa shape index (κ2) is 7.21. The van der Waals surface area contributed by atoms with Crippen LogP contribution in [0.15, 0.2) is 47.5 Å². The number of amides is 1. The zero-order valence-electron chi connectivity index (χ0n) is 16.4. The maximum Gasteiger partial charge on any atom is 0.256 e. The Balaban J connectivity index is 1.61. The average molecular weight is 422 g/mol. The van der Waals surface area contributed by atoms with Crippen LogP contribution in [0.4, 0.5) is 8.78 Å². The lowest BCUT2D eigenvalue weighted by Gasteiger charge is -2.34. The molecule has 0 fully saturated rings. The number of benzene rings is 2. The summed E-state index contributed by atoms with van der Waals surface area (Å²) in [5.74, 6) is -2.48. The summed E-state index contributed by atoms with van der Waals surface area (Å²) in [6.45, 7) is 0.242. The lowest BCUT2D eigenvalue weighted by atomic mass is 9.95. The van der Waals surface area contributed by atoms with E-state index in [0.717, 1.165) is 12.1 Å². The fraction of sp³-hybridized carbons (Fsp3) is 0.182. The molecule has 0 bridgehead atoms. The van der Waals surface area contributed by atoms with Gasteiger partial charge in [-0.1, -0.05) is 0 Å². The van der Waals surface area contributed by atoms with E-state index in [1.54, 1.807) is 37.6 Å². The first-order valence-corrected chi connectivity index (χ1v) is 9.53. The van der Waals surface area contributed by atoms with E-state index in [1.165, 1.54) is 4.90 Å². The summed E-state index contributed by atoms with van der Waals surface area (Å²) in [6, 6.07) is 6.27. The third-order valence-electron chi connectivity index (χ3n) is 5.54. The van der Waals surface area contributed by atoms with Crippen LogP contribution in [0.25, 0.3) is 21.8 Å². The standard InChI is InChI=1S/C22H16F2N4O3/c1-28(22(30)11-2-3-16-17(6-11)26-5-4-25-16)19-10-31-9-18-20(19)12-7-14(23)15(24)8-13(12)21(29)27-18/h2-8,19H,9-10H2,1H3,(H,27,29)/t19-/m0/s1. The number of rotatable bonds is 2. The summed E-state index contributed by atoms with van der Waals surface area (Å²) in [5, 5.41) is 0.279. The Kier molecular flexibility index (Phi) is 4.48. The number of pyridine rings is 1. The second-order valence-electron chi connectivity index (χ2n) is 7.37. The largest absolute Gasteiger partial charge is 0.373 e. The number of aromatic nitrogens is 3. The van der Waals surface area contributed by atoms with Crippen molar-refractivity contribution in [3.8, 4) is 0 Å². The Morgan fingerprint density at radius 3 is 2.58 bits per heavy atom. The Morgan fingerprint density at radius 1 is 1.10 bits per heavy atom. The van der Waals surface area contributed by atoms with Crippen LogP contribution in [0.1, 0.15) is 27.7 Å². The molecule has 5 rings (SSSR count). The number of H-pyrrole nitrogens is 1. The SMILES string of the molecule is CN(C(=O)c1ccc2nccnc2c1)[C@H]1COCc2[nH]c(=O)c3cc(F)c(F)cc3c21. The maximum atomic E-state index is 14.0. The van der Waals surface area contributed by atoms with Gasteiger partial charge in [0.1, 0.15) is 0 Å². The van der Waals surface area contributed by atoms with E-state index in [9.17, 15) is 18.4 Å². The molecular weight excluding hydrogens is 406 g/mol. The molecule has 1 N–H and O–H groups in total. The molecule has 1 aliphatic heterocycles. The highest BCUT2D eigenvalue weighted by molar-refractivity contribution is 5.98. The van der Waals surface area contributed by atoms with Gasteiger partial charge in [0.25, 0.3) is 11.5 Å². The smallest absolute Gasteiger partial charge is 0.256 e. The summed E-state index contributed by atoms with van der Waals surface area (Å²) in [7, 11) is 1.60. The van der Waals surface area contributed by atoms with E-state index in [2.05, 4.69) is 15.0 Å². The number of fused-ring (bicyclic) bond motifs is 4. The molecule has 0 radical (unpaired) electrons. The van der Waals surface area contributed by atoms with Crippen molar-refractivity contribution in [2.45, 2.75) is 12.6 Å². The summed E-state index contributed by atoms with van der Waals surface area (Å²) in [4.78, 5) is 38.2. The molecule has 0 spiro atoms. The van der Waals surface area contributed by atoms with E-state index in [-0.39, 0.29) is 29.9 Å². The van der Waals surface area contributed by atoms with Crippen molar-refractivity contribution in [1.82, 2.24) is 19.9 Å². The molecule has 1 atom stereocenters. The highest BCUT2D eigenvalue weighted by atomic mass is 19.2. The van der Waals surface area contributed by atoms with Gasteiger partial charge >= 0.3 is 0 Å². The van der Waals surface area contributed by atoms with Gasteiger partial charge in [0.2, 0.25) is 0 Å². The number of hydrogen-bond acceptors (Lipinski definition) is 5. The molecule has 1 amide bonds. The number of carbonyl (C=O) groups is 1. The normalized spacial score (nSPS) is 15.8. The minimum absolute atomic E-state index is 0.0198. The van der Waals surface area contributed by atoms with Gasteiger partial charge in [-0.15, -0.1) is 0 Å². The van der Waals surface area contributed by atoms with Gasteiger partial charge in [-0.05, 0) is 35.7 Å². The predicted molar refractivity (Wildman–Crippen MR) is 109 cm³/mol. The molecule has 0 unspecified atom stereocenters. The molecule has 1 aliphatic rings. The van der Waals surface area contributed by atoms with E-state index in [4.69, 9.17) is 4.74 Å². The first-order valence-electron chi connectivity index (χ1n) is 9.53. The fourth-order valence-corrected chi connectivity index (χ4v) is 3.99. The average Bonchev–Trinajstić information content (AvgIpc) is 2.78. The molecule has 0 saturated heterocycles. The molecular formula is C22H16F2N4O3. The van der Waals surface area contributed by atoms with Crippen LogP contribution in [-0.4, -0.2) is 39.4 Å². The molecule has 156 valence electrons. The van der Waals surface area contributed by atoms with Gasteiger partial charge in [0.15, 0.2) is 11.6 Å². The van der Waals surface area contributed by atoms with Gasteiger partial charge in [0, 0.05) is 36.3 Å². The minimum Gasteiger partial charge on any atom is -0.373 e. The monoisotopic (exact) mass is 422 g/mol. The summed E-state index contributed by atoms with van der Waals surface area (Å²) in [6.07, 6.45) is 3.11. The summed E-state index contributed by atoms with van der Waals surface area (Å²) < 4.78 is 33.4. The molecule has 2 aromatic carbocycles. The van der Waals surface area contributed by atoms with Crippen LogP contribution in [0, 0.1) is 11.6 Å². The van der Waals surface area contributed by atoms with Crippen LogP contribution >= 0.6 is 0 Å². The number of carbonyl (C=O) groups excluding carboxylic acids is 1. The Morgan fingerprint density at radius 2 is 1.81 bits per heavy atom. The Hall–Kier alpha value is -3.72. The molecule has 3 heterocycles. The third-order valence-corrected chi connectivity index (χ3v) is 5.54. The van der Waals surface area contributed by atoms with Crippen LogP contribution in [0.2, 0.25) is 0 Å². The first-order chi connectivity index (χ1) is 14.9. The fourth-order valence-electron chi connectivity index (χ4n) is 3.99. The van der Waals surface area contributed by atoms with E-state index >= 15 is 0 Å². The number of ether oxygens (including phenoxy) is 1. The van der Waals surface area contributed by atoms with E-state index in [0.29, 0.717) is 27.9 Å². The van der Waals surface area contributed by atoms with Crippen molar-refractivity contribution in [3.05, 3.63) is 81.5 Å². The zero-order valence-corrected chi connectivity index (χ0v) is 16.4. The highest BCUT2D eigenvalue weighted by Crippen LogP contribution is 2.34. The lowest BCUT2D eigenvalue weighted by molar-refractivity contribution is 0.0336. The van der Waals surface area contributed by atoms with Crippen LogP contribution < -0.4 is 5.56 Å². The number of nitrogens with zero attached hydrogens (tertiary/aromatic N) is 3. The topological polar surface area (TPSA) is 88.2 Å². The highest BCUT2D eigenvalue weighted by Gasteiger charge is 2.31. The van der Waals surface area contributed by atoms with Crippen molar-refractivity contribution in [3.63, 3.8) is 0 Å². The number of aromatic amines is 1. The van der Waals surface area contributed by atoms with Crippen molar-refractivity contribution in [2.75, 3.05) is 13.7 Å². The number of halogens is 2. The molecule has 0 saturated carbocycles. The predicted octanol–water partition coefficient (Wildman–Crippen LogP) is 3.09. The molecule has 31 heavy (non-hydrogen) atoms. The van der Waals surface area contributed by atoms with E-state index < -0.39 is 23.2 Å². The van der Waals surface area contributed by atoms with Crippen LogP contribution in [0.3, 0.4) is 0 Å². The quantitative estimate of drug-likeness (QED) is 0.536. The van der Waals surface area contributed by atoms with Crippen LogP contribution in [0.5, 0.6) is 0 Å². The molecule has 7 nitrogen and oxygen atoms in total. The number of hydrogen-bond donors (Lipinski definition) is 1. The molecule has 9 heteroatoms. The molecule has 4 aromatic rings. The van der Waals surface area contributed by atoms with Gasteiger partial charge < -0.3 is 14.6 Å². The van der Waals surface area contributed by atoms with Crippen LogP contribution in [-0.2, 0) is 11.3 Å². The first kappa shape index (κ1) is 19.3. The van der Waals surface area contributed by atoms with Crippen molar-refractivity contribution in [1.29, 1.82) is 0 Å². The lowest BCUT2D eigenvalue weighted by Crippen LogP contribution is -2.37. The third kappa shape index (κ3) is 3.14. The van der Waals surface area contributed by atoms with Gasteiger partial charge in [0.05, 0.1) is 35.7 Å². The van der Waals surface area contributed by atoms with E-state index in [1.807, 2.05) is 0 Å². The van der Waals surface area contributed by atoms with Crippen molar-refractivity contribution < 1.29 is 18.3 Å². The second-order valence-corrected chi connectivity index (χ2v) is 7.37. The molecule has 0 aliphatic carbocycles. The Labute approximate surface area is 174 Å². The van der Waals surface area contributed by atoms with Gasteiger partial charge in [-0.3, -0.25) is 19.6 Å². The van der Waals surface area contributed by atoms with Gasteiger partial charge in [-0.25, -0.2) is 8.78 Å². The van der Waals surface area contributed by atoms with Crippen molar-refractivity contribution >= 4 is 27.7 Å².